The van der Waals surface area contributed by atoms with Gasteiger partial charge in [0.25, 0.3) is 0 Å². The lowest BCUT2D eigenvalue weighted by molar-refractivity contribution is 0.597. The second kappa shape index (κ2) is 5.41. The van der Waals surface area contributed by atoms with Gasteiger partial charge in [-0.2, -0.15) is 5.26 Å². The summed E-state index contributed by atoms with van der Waals surface area (Å²) in [5, 5.41) is 10.2. The van der Waals surface area contributed by atoms with E-state index in [2.05, 4.69) is 4.98 Å². The van der Waals surface area contributed by atoms with E-state index in [1.807, 2.05) is 6.07 Å². The zero-order valence-electron chi connectivity index (χ0n) is 11.2. The summed E-state index contributed by atoms with van der Waals surface area (Å²) in [6.07, 6.45) is 3.15. The number of sulfone groups is 1. The minimum Gasteiger partial charge on any atom is -0.264 e. The number of nitrogens with zero attached hydrogens (tertiary/aromatic N) is 2. The fourth-order valence-electron chi connectivity index (χ4n) is 2.23. The molecule has 22 heavy (non-hydrogen) atoms. The number of rotatable bonds is 2. The Morgan fingerprint density at radius 2 is 1.91 bits per heavy atom. The van der Waals surface area contributed by atoms with Crippen molar-refractivity contribution in [2.75, 3.05) is 0 Å². The first-order chi connectivity index (χ1) is 10.5. The molecule has 0 unspecified atom stereocenters. The fraction of sp³-hybridized carbons (Fsp3) is 0. The van der Waals surface area contributed by atoms with Crippen LogP contribution in [0.2, 0.25) is 5.02 Å². The lowest BCUT2D eigenvalue weighted by Gasteiger charge is -2.09. The van der Waals surface area contributed by atoms with Crippen LogP contribution in [-0.2, 0) is 9.84 Å². The maximum absolute atomic E-state index is 12.9. The van der Waals surface area contributed by atoms with Crippen molar-refractivity contribution in [1.29, 1.82) is 5.26 Å². The SMILES string of the molecule is N#Cc1ccc(S(=O)(=O)c2cccc3cnccc23)c(Cl)c1. The number of hydrogen-bond acceptors (Lipinski definition) is 4. The van der Waals surface area contributed by atoms with Crippen LogP contribution in [0.25, 0.3) is 10.8 Å². The van der Waals surface area contributed by atoms with Gasteiger partial charge in [-0.25, -0.2) is 8.42 Å². The molecule has 0 atom stereocenters. The first kappa shape index (κ1) is 14.5. The molecule has 3 rings (SSSR count). The molecule has 4 nitrogen and oxygen atoms in total. The first-order valence-corrected chi connectivity index (χ1v) is 8.17. The third-order valence-corrected chi connectivity index (χ3v) is 5.58. The van der Waals surface area contributed by atoms with E-state index in [-0.39, 0.29) is 14.8 Å². The van der Waals surface area contributed by atoms with Gasteiger partial charge in [0, 0.05) is 23.2 Å². The van der Waals surface area contributed by atoms with Crippen molar-refractivity contribution in [3.63, 3.8) is 0 Å². The lowest BCUT2D eigenvalue weighted by atomic mass is 10.2. The van der Waals surface area contributed by atoms with Gasteiger partial charge in [-0.1, -0.05) is 23.7 Å². The quantitative estimate of drug-likeness (QED) is 0.720. The summed E-state index contributed by atoms with van der Waals surface area (Å²) in [7, 11) is -3.79. The number of benzene rings is 2. The number of pyridine rings is 1. The molecule has 0 N–H and O–H groups in total. The van der Waals surface area contributed by atoms with Gasteiger partial charge in [-0.3, -0.25) is 4.98 Å². The van der Waals surface area contributed by atoms with Crippen LogP contribution >= 0.6 is 11.6 Å². The molecule has 3 aromatic rings. The highest BCUT2D eigenvalue weighted by molar-refractivity contribution is 7.91. The van der Waals surface area contributed by atoms with E-state index in [0.29, 0.717) is 10.9 Å². The van der Waals surface area contributed by atoms with Crippen molar-refractivity contribution in [3.8, 4) is 6.07 Å². The number of aromatic nitrogens is 1. The number of nitriles is 1. The average Bonchev–Trinajstić information content (AvgIpc) is 2.53. The molecule has 0 fully saturated rings. The summed E-state index contributed by atoms with van der Waals surface area (Å²) in [5.41, 5.74) is 0.311. The molecule has 0 bridgehead atoms. The Morgan fingerprint density at radius 1 is 1.09 bits per heavy atom. The predicted octanol–water partition coefficient (Wildman–Crippen LogP) is 3.59. The lowest BCUT2D eigenvalue weighted by Crippen LogP contribution is -2.04. The first-order valence-electron chi connectivity index (χ1n) is 6.31. The Hall–Kier alpha value is -2.42. The molecule has 2 aromatic carbocycles. The molecule has 0 saturated heterocycles. The molecule has 6 heteroatoms. The Labute approximate surface area is 132 Å². The highest BCUT2D eigenvalue weighted by atomic mass is 35.5. The number of hydrogen-bond donors (Lipinski definition) is 0. The van der Waals surface area contributed by atoms with Gasteiger partial charge in [0.2, 0.25) is 9.84 Å². The van der Waals surface area contributed by atoms with Crippen molar-refractivity contribution in [2.45, 2.75) is 9.79 Å². The van der Waals surface area contributed by atoms with E-state index in [4.69, 9.17) is 16.9 Å². The van der Waals surface area contributed by atoms with Crippen molar-refractivity contribution >= 4 is 32.2 Å². The Balaban J connectivity index is 2.28. The van der Waals surface area contributed by atoms with Gasteiger partial charge in [0.1, 0.15) is 0 Å². The molecule has 0 saturated carbocycles. The van der Waals surface area contributed by atoms with Crippen LogP contribution in [-0.4, -0.2) is 13.4 Å². The van der Waals surface area contributed by atoms with Gasteiger partial charge >= 0.3 is 0 Å². The zero-order chi connectivity index (χ0) is 15.7. The van der Waals surface area contributed by atoms with Crippen LogP contribution in [0.1, 0.15) is 5.56 Å². The molecule has 0 amide bonds. The van der Waals surface area contributed by atoms with Crippen LogP contribution < -0.4 is 0 Å². The summed E-state index contributed by atoms with van der Waals surface area (Å²) in [4.78, 5) is 4.14. The van der Waals surface area contributed by atoms with E-state index in [9.17, 15) is 8.42 Å². The Morgan fingerprint density at radius 3 is 2.64 bits per heavy atom. The van der Waals surface area contributed by atoms with Crippen LogP contribution in [0, 0.1) is 11.3 Å². The molecule has 0 aliphatic heterocycles. The van der Waals surface area contributed by atoms with E-state index < -0.39 is 9.84 Å². The van der Waals surface area contributed by atoms with Gasteiger partial charge < -0.3 is 0 Å². The van der Waals surface area contributed by atoms with Gasteiger partial charge in [0.15, 0.2) is 0 Å². The molecule has 1 aromatic heterocycles. The molecule has 1 heterocycles. The molecule has 108 valence electrons. The maximum Gasteiger partial charge on any atom is 0.208 e. The highest BCUT2D eigenvalue weighted by Crippen LogP contribution is 2.32. The van der Waals surface area contributed by atoms with Crippen LogP contribution in [0.3, 0.4) is 0 Å². The van der Waals surface area contributed by atoms with Crippen molar-refractivity contribution < 1.29 is 8.42 Å². The Kier molecular flexibility index (Phi) is 3.57. The second-order valence-corrected chi connectivity index (χ2v) is 6.91. The second-order valence-electron chi connectivity index (χ2n) is 4.61. The van der Waals surface area contributed by atoms with E-state index in [1.165, 1.54) is 24.3 Å². The largest absolute Gasteiger partial charge is 0.264 e. The average molecular weight is 329 g/mol. The van der Waals surface area contributed by atoms with Crippen molar-refractivity contribution in [1.82, 2.24) is 4.98 Å². The van der Waals surface area contributed by atoms with E-state index in [1.54, 1.807) is 30.6 Å². The van der Waals surface area contributed by atoms with Gasteiger partial charge in [0.05, 0.1) is 26.4 Å². The topological polar surface area (TPSA) is 70.8 Å². The molecular weight excluding hydrogens is 320 g/mol. The van der Waals surface area contributed by atoms with E-state index in [0.717, 1.165) is 5.39 Å². The predicted molar refractivity (Wildman–Crippen MR) is 83.4 cm³/mol. The molecule has 0 aliphatic carbocycles. The summed E-state index contributed by atoms with van der Waals surface area (Å²) >= 11 is 6.05. The minimum atomic E-state index is -3.79. The minimum absolute atomic E-state index is 0.0162. The fourth-order valence-corrected chi connectivity index (χ4v) is 4.25. The number of fused-ring (bicyclic) bond motifs is 1. The van der Waals surface area contributed by atoms with Crippen LogP contribution in [0.15, 0.2) is 64.6 Å². The molecule has 0 aliphatic rings. The van der Waals surface area contributed by atoms with Crippen LogP contribution in [0.4, 0.5) is 0 Å². The zero-order valence-corrected chi connectivity index (χ0v) is 12.8. The summed E-state index contributed by atoms with van der Waals surface area (Å²) in [6, 6.07) is 12.7. The van der Waals surface area contributed by atoms with Crippen LogP contribution in [0.5, 0.6) is 0 Å². The van der Waals surface area contributed by atoms with E-state index >= 15 is 0 Å². The number of halogens is 1. The third kappa shape index (κ3) is 2.33. The molecular formula is C16H9ClN2O2S. The van der Waals surface area contributed by atoms with Crippen molar-refractivity contribution in [3.05, 3.63) is 65.4 Å². The van der Waals surface area contributed by atoms with Gasteiger partial charge in [-0.15, -0.1) is 0 Å². The highest BCUT2D eigenvalue weighted by Gasteiger charge is 2.23. The monoisotopic (exact) mass is 328 g/mol. The summed E-state index contributed by atoms with van der Waals surface area (Å²) < 4.78 is 25.8. The Bertz CT molecular complexity index is 1020. The molecule has 0 radical (unpaired) electrons. The third-order valence-electron chi connectivity index (χ3n) is 3.28. The smallest absolute Gasteiger partial charge is 0.208 e. The summed E-state index contributed by atoms with van der Waals surface area (Å²) in [6.45, 7) is 0. The normalized spacial score (nSPS) is 11.3. The van der Waals surface area contributed by atoms with Gasteiger partial charge in [-0.05, 0) is 30.3 Å². The standard InChI is InChI=1S/C16H9ClN2O2S/c17-14-8-11(9-18)4-5-16(14)22(20,21)15-3-1-2-12-10-19-7-6-13(12)15/h1-8,10H. The van der Waals surface area contributed by atoms with Crippen molar-refractivity contribution in [2.24, 2.45) is 0 Å². The molecule has 0 spiro atoms. The summed E-state index contributed by atoms with van der Waals surface area (Å²) in [5.74, 6) is 0. The maximum atomic E-state index is 12.9.